The minimum absolute atomic E-state index is 0.168. The number of nitrogens with two attached hydrogens (primary N) is 1. The predicted octanol–water partition coefficient (Wildman–Crippen LogP) is 5.95. The second-order valence-corrected chi connectivity index (χ2v) is 14.4. The second kappa shape index (κ2) is 18.8. The first-order valence-corrected chi connectivity index (χ1v) is 17.5. The van der Waals surface area contributed by atoms with E-state index in [2.05, 4.69) is 15.6 Å². The monoisotopic (exact) mass is 787 g/mol. The molecular formula is C37H47F6N5O7. The number of anilines is 1. The number of nitrogens with zero attached hydrogens (tertiary/aromatic N) is 2. The van der Waals surface area contributed by atoms with Gasteiger partial charge in [-0.15, -0.1) is 0 Å². The van der Waals surface area contributed by atoms with Gasteiger partial charge in [0.05, 0.1) is 17.4 Å². The van der Waals surface area contributed by atoms with Gasteiger partial charge in [0.15, 0.2) is 6.29 Å². The molecule has 304 valence electrons. The summed E-state index contributed by atoms with van der Waals surface area (Å²) >= 11 is 0. The smallest absolute Gasteiger partial charge is 0.408 e. The fourth-order valence-electron chi connectivity index (χ4n) is 5.89. The summed E-state index contributed by atoms with van der Waals surface area (Å²) in [6, 6.07) is 13.7. The highest BCUT2D eigenvalue weighted by Gasteiger charge is 2.41. The molecule has 5 N–H and O–H groups in total. The van der Waals surface area contributed by atoms with Gasteiger partial charge in [-0.2, -0.15) is 26.3 Å². The van der Waals surface area contributed by atoms with Crippen LogP contribution in [0.1, 0.15) is 77.8 Å². The molecule has 1 aliphatic heterocycles. The van der Waals surface area contributed by atoms with Crippen molar-refractivity contribution in [3.05, 3.63) is 65.7 Å². The molecule has 1 aliphatic rings. The molecule has 0 saturated carbocycles. The number of aliphatic hydroxyl groups excluding tert-OH is 1. The number of nitrogens with one attached hydrogen (secondary N) is 2. The number of hydrogen-bond acceptors (Lipinski definition) is 8. The number of alkyl halides is 6. The van der Waals surface area contributed by atoms with Crippen molar-refractivity contribution in [3.8, 4) is 0 Å². The average Bonchev–Trinajstić information content (AvgIpc) is 3.17. The van der Waals surface area contributed by atoms with Crippen molar-refractivity contribution in [2.75, 3.05) is 11.6 Å². The highest BCUT2D eigenvalue weighted by molar-refractivity contribution is 6.20. The van der Waals surface area contributed by atoms with Gasteiger partial charge < -0.3 is 30.9 Å². The van der Waals surface area contributed by atoms with Gasteiger partial charge in [0.25, 0.3) is 5.91 Å². The van der Waals surface area contributed by atoms with E-state index in [1.165, 1.54) is 6.07 Å². The Hall–Kier alpha value is -4.71. The van der Waals surface area contributed by atoms with Gasteiger partial charge in [-0.1, -0.05) is 62.4 Å². The van der Waals surface area contributed by atoms with Gasteiger partial charge in [-0.25, -0.2) is 9.79 Å². The molecule has 0 saturated heterocycles. The lowest BCUT2D eigenvalue weighted by Crippen LogP contribution is -2.53. The van der Waals surface area contributed by atoms with Gasteiger partial charge >= 0.3 is 18.4 Å². The minimum Gasteiger partial charge on any atom is -0.444 e. The molecule has 0 aliphatic carbocycles. The largest absolute Gasteiger partial charge is 0.444 e. The summed E-state index contributed by atoms with van der Waals surface area (Å²) in [5, 5.41) is 16.0. The van der Waals surface area contributed by atoms with Crippen LogP contribution in [-0.2, 0) is 23.9 Å². The van der Waals surface area contributed by atoms with Crippen molar-refractivity contribution in [1.29, 1.82) is 0 Å². The van der Waals surface area contributed by atoms with Crippen molar-refractivity contribution in [2.45, 2.75) is 103 Å². The van der Waals surface area contributed by atoms with Gasteiger partial charge in [0.2, 0.25) is 18.0 Å². The molecule has 12 nitrogen and oxygen atoms in total. The molecule has 2 aromatic carbocycles. The van der Waals surface area contributed by atoms with Gasteiger partial charge in [-0.3, -0.25) is 19.3 Å². The fourth-order valence-corrected chi connectivity index (χ4v) is 5.89. The SMILES string of the molecule is CC(C)[C@H](NC(=O)OC(C)(C)C)C(O)OCN1C(=O)[C@@H](NC(=O)[C@H](CCCC(F)(F)F)[C@H](CCC(F)(F)F)C(N)=O)N=C(c2ccccc2)c2ccccc21. The number of ether oxygens (including phenoxy) is 2. The normalized spacial score (nSPS) is 17.3. The number of benzodiazepines with no additional fused rings is 1. The van der Waals surface area contributed by atoms with Gasteiger partial charge in [-0.05, 0) is 52.0 Å². The maximum Gasteiger partial charge on any atom is 0.408 e. The standard InChI is InChI=1S/C37H47F6N5O7/c1-21(2)27(46-34(53)55-35(3,4)5)33(52)54-20-48-26-16-10-9-14-25(26)28(22-12-7-6-8-13-22)45-30(32(48)51)47-31(50)24(15-11-18-36(38,39)40)23(29(44)49)17-19-37(41,42)43/h6-10,12-14,16,21,23-24,27,30,33,52H,11,15,17-20H2,1-5H3,(H2,44,49)(H,46,53)(H,47,50)/t23-,24+,27-,30+,33?/m0/s1. The number of benzene rings is 2. The molecule has 3 rings (SSSR count). The van der Waals surface area contributed by atoms with Crippen molar-refractivity contribution >= 4 is 35.2 Å². The van der Waals surface area contributed by atoms with E-state index in [0.29, 0.717) is 11.1 Å². The van der Waals surface area contributed by atoms with Crippen LogP contribution in [0.2, 0.25) is 0 Å². The number of fused-ring (bicyclic) bond motifs is 1. The van der Waals surface area contributed by atoms with E-state index in [4.69, 9.17) is 15.2 Å². The van der Waals surface area contributed by atoms with E-state index in [9.17, 15) is 50.6 Å². The highest BCUT2D eigenvalue weighted by Crippen LogP contribution is 2.33. The molecule has 2 aromatic rings. The van der Waals surface area contributed by atoms with Crippen molar-refractivity contribution in [1.82, 2.24) is 10.6 Å². The quantitative estimate of drug-likeness (QED) is 0.120. The molecular weight excluding hydrogens is 740 g/mol. The lowest BCUT2D eigenvalue weighted by Gasteiger charge is -2.31. The Kier molecular flexibility index (Phi) is 15.2. The Labute approximate surface area is 314 Å². The third-order valence-electron chi connectivity index (χ3n) is 8.52. The Morgan fingerprint density at radius 1 is 0.909 bits per heavy atom. The number of carbonyl (C=O) groups is 4. The van der Waals surface area contributed by atoms with E-state index >= 15 is 0 Å². The number of rotatable bonds is 16. The molecule has 0 bridgehead atoms. The van der Waals surface area contributed by atoms with Crippen LogP contribution in [0.3, 0.4) is 0 Å². The first-order chi connectivity index (χ1) is 25.5. The van der Waals surface area contributed by atoms with Crippen LogP contribution in [0, 0.1) is 17.8 Å². The minimum atomic E-state index is -4.78. The van der Waals surface area contributed by atoms with E-state index in [-0.39, 0.29) is 11.4 Å². The van der Waals surface area contributed by atoms with Crippen molar-refractivity contribution in [3.63, 3.8) is 0 Å². The van der Waals surface area contributed by atoms with Crippen LogP contribution < -0.4 is 21.3 Å². The number of carbonyl (C=O) groups excluding carboxylic acids is 4. The van der Waals surface area contributed by atoms with Crippen LogP contribution in [0.4, 0.5) is 36.8 Å². The van der Waals surface area contributed by atoms with Crippen LogP contribution in [-0.4, -0.2) is 77.8 Å². The third-order valence-corrected chi connectivity index (χ3v) is 8.52. The molecule has 18 heteroatoms. The number of hydrogen-bond donors (Lipinski definition) is 4. The first kappa shape index (κ1) is 44.7. The summed E-state index contributed by atoms with van der Waals surface area (Å²) in [6.07, 6.45) is -19.2. The van der Waals surface area contributed by atoms with E-state index < -0.39 is 117 Å². The molecule has 5 atom stereocenters. The molecule has 0 fully saturated rings. The number of amides is 4. The molecule has 0 radical (unpaired) electrons. The number of halogens is 6. The van der Waals surface area contributed by atoms with E-state index in [0.717, 1.165) is 4.90 Å². The summed E-state index contributed by atoms with van der Waals surface area (Å²) in [5.41, 5.74) is 5.74. The predicted molar refractivity (Wildman–Crippen MR) is 189 cm³/mol. The molecule has 4 amide bonds. The topological polar surface area (TPSA) is 173 Å². The first-order valence-electron chi connectivity index (χ1n) is 17.5. The molecule has 0 aromatic heterocycles. The Balaban J connectivity index is 2.05. The van der Waals surface area contributed by atoms with E-state index in [1.54, 1.807) is 83.1 Å². The number of alkyl carbamates (subject to hydrolysis) is 1. The molecule has 55 heavy (non-hydrogen) atoms. The zero-order valence-corrected chi connectivity index (χ0v) is 31.0. The summed E-state index contributed by atoms with van der Waals surface area (Å²) in [4.78, 5) is 58.8. The number of para-hydroxylation sites is 1. The summed E-state index contributed by atoms with van der Waals surface area (Å²) in [7, 11) is 0. The van der Waals surface area contributed by atoms with Crippen LogP contribution >= 0.6 is 0 Å². The number of aliphatic imine (C=N–C) groups is 1. The maximum atomic E-state index is 14.4. The Bertz CT molecular complexity index is 1660. The average molecular weight is 788 g/mol. The third kappa shape index (κ3) is 13.8. The van der Waals surface area contributed by atoms with E-state index in [1.807, 2.05) is 0 Å². The number of aliphatic hydroxyl groups is 1. The van der Waals surface area contributed by atoms with Gasteiger partial charge in [0, 0.05) is 35.8 Å². The van der Waals surface area contributed by atoms with Crippen LogP contribution in [0.15, 0.2) is 59.6 Å². The Morgan fingerprint density at radius 3 is 2.07 bits per heavy atom. The van der Waals surface area contributed by atoms with Crippen LogP contribution in [0.25, 0.3) is 0 Å². The molecule has 0 spiro atoms. The summed E-state index contributed by atoms with van der Waals surface area (Å²) in [6.45, 7) is 7.62. The number of primary amides is 1. The summed E-state index contributed by atoms with van der Waals surface area (Å²) < 4.78 is 90.0. The lowest BCUT2D eigenvalue weighted by atomic mass is 9.83. The Morgan fingerprint density at radius 2 is 1.51 bits per heavy atom. The fraction of sp³-hybridized carbons (Fsp3) is 0.541. The van der Waals surface area contributed by atoms with Gasteiger partial charge in [0.1, 0.15) is 12.3 Å². The molecule has 1 heterocycles. The highest BCUT2D eigenvalue weighted by atomic mass is 19.4. The second-order valence-electron chi connectivity index (χ2n) is 14.4. The molecule has 1 unspecified atom stereocenters. The zero-order chi connectivity index (χ0) is 41.3. The maximum absolute atomic E-state index is 14.4. The summed E-state index contributed by atoms with van der Waals surface area (Å²) in [5.74, 6) is -7.59. The van der Waals surface area contributed by atoms with Crippen LogP contribution in [0.5, 0.6) is 0 Å². The van der Waals surface area contributed by atoms with Crippen molar-refractivity contribution < 1.29 is 60.1 Å². The zero-order valence-electron chi connectivity index (χ0n) is 31.0. The lowest BCUT2D eigenvalue weighted by molar-refractivity contribution is -0.147. The van der Waals surface area contributed by atoms with Crippen molar-refractivity contribution in [2.24, 2.45) is 28.5 Å².